The van der Waals surface area contributed by atoms with E-state index in [1.807, 2.05) is 12.1 Å². The molecule has 11 heteroatoms. The summed E-state index contributed by atoms with van der Waals surface area (Å²) in [6, 6.07) is 4.87. The molecule has 1 saturated heterocycles. The Morgan fingerprint density at radius 2 is 1.41 bits per heavy atom. The molecule has 0 saturated carbocycles. The van der Waals surface area contributed by atoms with E-state index in [1.54, 1.807) is 14.2 Å². The molecule has 1 aliphatic rings. The second kappa shape index (κ2) is 11.6. The molecular formula is C26H27F2N5O4. The number of aromatic nitrogens is 2. The maximum atomic E-state index is 14.5. The molecule has 2 aromatic carbocycles. The number of halogens is 2. The Balaban J connectivity index is 1.57. The van der Waals surface area contributed by atoms with Crippen molar-refractivity contribution in [1.82, 2.24) is 15.3 Å². The lowest BCUT2D eigenvalue weighted by Gasteiger charge is -2.31. The van der Waals surface area contributed by atoms with Crippen LogP contribution in [-0.2, 0) is 0 Å². The summed E-state index contributed by atoms with van der Waals surface area (Å²) in [6.07, 6.45) is 2.88. The van der Waals surface area contributed by atoms with Crippen LogP contribution < -0.4 is 34.5 Å². The number of piperazine rings is 1. The third-order valence-corrected chi connectivity index (χ3v) is 5.76. The molecule has 2 heterocycles. The van der Waals surface area contributed by atoms with E-state index in [1.165, 1.54) is 26.6 Å². The Kier molecular flexibility index (Phi) is 8.10. The van der Waals surface area contributed by atoms with Crippen LogP contribution in [0.4, 0.5) is 26.1 Å². The monoisotopic (exact) mass is 511 g/mol. The van der Waals surface area contributed by atoms with Crippen LogP contribution in [0.5, 0.6) is 23.0 Å². The fourth-order valence-corrected chi connectivity index (χ4v) is 3.84. The van der Waals surface area contributed by atoms with Gasteiger partial charge in [0.25, 0.3) is 0 Å². The molecule has 0 radical (unpaired) electrons. The van der Waals surface area contributed by atoms with Gasteiger partial charge in [-0.2, -0.15) is 0 Å². The summed E-state index contributed by atoms with van der Waals surface area (Å²) in [5.74, 6) is 4.53. The van der Waals surface area contributed by atoms with Crippen LogP contribution in [-0.4, -0.2) is 64.6 Å². The lowest BCUT2D eigenvalue weighted by atomic mass is 10.1. The van der Waals surface area contributed by atoms with Crippen LogP contribution in [0.3, 0.4) is 0 Å². The fourth-order valence-electron chi connectivity index (χ4n) is 3.84. The van der Waals surface area contributed by atoms with E-state index >= 15 is 0 Å². The second-order valence-electron chi connectivity index (χ2n) is 7.92. The molecule has 0 unspecified atom stereocenters. The topological polar surface area (TPSA) is 90.0 Å². The van der Waals surface area contributed by atoms with Crippen LogP contribution in [0, 0.1) is 23.5 Å². The second-order valence-corrected chi connectivity index (χ2v) is 7.92. The summed E-state index contributed by atoms with van der Waals surface area (Å²) in [4.78, 5) is 10.8. The minimum absolute atomic E-state index is 0.175. The Morgan fingerprint density at radius 3 is 1.97 bits per heavy atom. The Labute approximate surface area is 213 Å². The molecule has 9 nitrogen and oxygen atoms in total. The summed E-state index contributed by atoms with van der Waals surface area (Å²) in [5, 5.41) is 6.45. The molecule has 1 fully saturated rings. The number of rotatable bonds is 7. The first-order valence-corrected chi connectivity index (χ1v) is 11.4. The van der Waals surface area contributed by atoms with Gasteiger partial charge in [-0.1, -0.05) is 11.8 Å². The maximum absolute atomic E-state index is 14.5. The number of nitrogens with one attached hydrogen (secondary N) is 2. The minimum atomic E-state index is -0.919. The number of benzene rings is 2. The molecule has 194 valence electrons. The van der Waals surface area contributed by atoms with E-state index in [-0.39, 0.29) is 17.4 Å². The third-order valence-electron chi connectivity index (χ3n) is 5.76. The quantitative estimate of drug-likeness (QED) is 0.464. The summed E-state index contributed by atoms with van der Waals surface area (Å²) in [7, 11) is 5.75. The van der Waals surface area contributed by atoms with Crippen molar-refractivity contribution in [3.05, 3.63) is 53.4 Å². The van der Waals surface area contributed by atoms with Crippen molar-refractivity contribution in [2.24, 2.45) is 0 Å². The van der Waals surface area contributed by atoms with E-state index in [0.29, 0.717) is 22.7 Å². The summed E-state index contributed by atoms with van der Waals surface area (Å²) in [6.45, 7) is 3.49. The molecule has 1 aromatic heterocycles. The first kappa shape index (κ1) is 25.8. The van der Waals surface area contributed by atoms with Crippen molar-refractivity contribution in [1.29, 1.82) is 0 Å². The molecule has 3 aromatic rings. The zero-order chi connectivity index (χ0) is 26.4. The molecule has 0 amide bonds. The molecule has 0 bridgehead atoms. The first-order valence-electron chi connectivity index (χ1n) is 11.4. The zero-order valence-electron chi connectivity index (χ0n) is 20.9. The Morgan fingerprint density at radius 1 is 0.811 bits per heavy atom. The number of methoxy groups -OCH3 is 4. The van der Waals surface area contributed by atoms with Crippen LogP contribution in [0.15, 0.2) is 30.6 Å². The largest absolute Gasteiger partial charge is 0.494 e. The molecule has 1 aliphatic heterocycles. The predicted molar refractivity (Wildman–Crippen MR) is 135 cm³/mol. The molecule has 0 spiro atoms. The summed E-state index contributed by atoms with van der Waals surface area (Å²) < 4.78 is 50.2. The van der Waals surface area contributed by atoms with Crippen LogP contribution in [0.1, 0.15) is 11.1 Å². The highest BCUT2D eigenvalue weighted by atomic mass is 19.1. The van der Waals surface area contributed by atoms with Gasteiger partial charge in [0.1, 0.15) is 17.1 Å². The van der Waals surface area contributed by atoms with Gasteiger partial charge >= 0.3 is 0 Å². The fraction of sp³-hybridized carbons (Fsp3) is 0.308. The van der Waals surface area contributed by atoms with Crippen molar-refractivity contribution in [3.8, 4) is 34.8 Å². The number of anilines is 3. The van der Waals surface area contributed by atoms with Crippen molar-refractivity contribution in [2.75, 3.05) is 64.8 Å². The molecule has 0 aliphatic carbocycles. The van der Waals surface area contributed by atoms with Crippen molar-refractivity contribution in [3.63, 3.8) is 0 Å². The number of hydrogen-bond donors (Lipinski definition) is 2. The lowest BCUT2D eigenvalue weighted by molar-refractivity contribution is 0.357. The highest BCUT2D eigenvalue weighted by Crippen LogP contribution is 2.39. The number of hydrogen-bond acceptors (Lipinski definition) is 9. The van der Waals surface area contributed by atoms with Crippen molar-refractivity contribution in [2.45, 2.75) is 0 Å². The van der Waals surface area contributed by atoms with Gasteiger partial charge in [-0.25, -0.2) is 18.7 Å². The molecule has 2 N–H and O–H groups in total. The molecule has 37 heavy (non-hydrogen) atoms. The summed E-state index contributed by atoms with van der Waals surface area (Å²) in [5.41, 5.74) is 1.43. The third kappa shape index (κ3) is 5.59. The maximum Gasteiger partial charge on any atom is 0.227 e. The van der Waals surface area contributed by atoms with E-state index < -0.39 is 17.2 Å². The van der Waals surface area contributed by atoms with Gasteiger partial charge < -0.3 is 34.5 Å². The van der Waals surface area contributed by atoms with Crippen molar-refractivity contribution >= 4 is 17.3 Å². The van der Waals surface area contributed by atoms with E-state index in [0.717, 1.165) is 37.9 Å². The highest BCUT2D eigenvalue weighted by molar-refractivity contribution is 5.74. The average Bonchev–Trinajstić information content (AvgIpc) is 2.94. The summed E-state index contributed by atoms with van der Waals surface area (Å²) >= 11 is 0. The number of nitrogens with zero attached hydrogens (tertiary/aromatic N) is 3. The zero-order valence-corrected chi connectivity index (χ0v) is 20.9. The van der Waals surface area contributed by atoms with Gasteiger partial charge in [0, 0.05) is 56.8 Å². The van der Waals surface area contributed by atoms with E-state index in [4.69, 9.17) is 18.9 Å². The smallest absolute Gasteiger partial charge is 0.227 e. The Bertz CT molecular complexity index is 1290. The van der Waals surface area contributed by atoms with Gasteiger partial charge in [-0.05, 0) is 0 Å². The van der Waals surface area contributed by atoms with Gasteiger partial charge in [-0.3, -0.25) is 0 Å². The van der Waals surface area contributed by atoms with Gasteiger partial charge in [0.15, 0.2) is 23.1 Å². The van der Waals surface area contributed by atoms with E-state index in [2.05, 4.69) is 37.3 Å². The molecule has 0 atom stereocenters. The predicted octanol–water partition coefficient (Wildman–Crippen LogP) is 3.34. The average molecular weight is 512 g/mol. The highest BCUT2D eigenvalue weighted by Gasteiger charge is 2.20. The van der Waals surface area contributed by atoms with Gasteiger partial charge in [0.05, 0.1) is 45.4 Å². The lowest BCUT2D eigenvalue weighted by Crippen LogP contribution is -2.43. The standard InChI is InChI=1S/C26H27F2N5O4/c1-34-20-12-19(33-9-7-29-8-10-33)21(35-2)11-18(20)32-26-30-14-16(15-31-26)5-6-17-24(27)22(36-3)13-23(37-4)25(17)28/h11-15,29H,7-10H2,1-4H3,(H,30,31,32). The molecular weight excluding hydrogens is 484 g/mol. The van der Waals surface area contributed by atoms with Gasteiger partial charge in [-0.15, -0.1) is 0 Å². The minimum Gasteiger partial charge on any atom is -0.494 e. The van der Waals surface area contributed by atoms with Crippen LogP contribution in [0.2, 0.25) is 0 Å². The van der Waals surface area contributed by atoms with Crippen LogP contribution in [0.25, 0.3) is 0 Å². The van der Waals surface area contributed by atoms with E-state index in [9.17, 15) is 8.78 Å². The van der Waals surface area contributed by atoms with Crippen molar-refractivity contribution < 1.29 is 27.7 Å². The SMILES string of the molecule is COc1cc(N2CCNCC2)c(OC)cc1Nc1ncc(C#Cc2c(F)c(OC)cc(OC)c2F)cn1. The van der Waals surface area contributed by atoms with Gasteiger partial charge in [0.2, 0.25) is 5.95 Å². The number of ether oxygens (including phenoxy) is 4. The Hall–Kier alpha value is -4.30. The molecule has 4 rings (SSSR count). The first-order chi connectivity index (χ1) is 18.0. The van der Waals surface area contributed by atoms with Crippen LogP contribution >= 0.6 is 0 Å². The normalized spacial score (nSPS) is 12.9.